The smallest absolute Gasteiger partial charge is 0.427 e. The summed E-state index contributed by atoms with van der Waals surface area (Å²) in [5, 5.41) is 4.73. The number of nitrogens with one attached hydrogen (secondary N) is 1. The van der Waals surface area contributed by atoms with Crippen molar-refractivity contribution < 1.29 is 9.53 Å². The fourth-order valence-corrected chi connectivity index (χ4v) is 1.26. The molecular weight excluding hydrogens is 251 g/mol. The highest BCUT2D eigenvalue weighted by molar-refractivity contribution is 6.42. The molecule has 0 spiro atoms. The molecule has 0 bridgehead atoms. The summed E-state index contributed by atoms with van der Waals surface area (Å²) in [4.78, 5) is 10.8. The second-order valence-corrected chi connectivity index (χ2v) is 3.74. The van der Waals surface area contributed by atoms with Gasteiger partial charge >= 0.3 is 6.09 Å². The molecule has 0 aliphatic heterocycles. The molecule has 0 atom stereocenters. The minimum atomic E-state index is -0.626. The fraction of sp³-hybridized carbons (Fsp3) is 0.200. The lowest BCUT2D eigenvalue weighted by atomic mass is 10.1. The van der Waals surface area contributed by atoms with Crippen molar-refractivity contribution in [3.05, 3.63) is 33.8 Å². The molecule has 0 aliphatic carbocycles. The first kappa shape index (κ1) is 12.8. The van der Waals surface area contributed by atoms with Crippen LogP contribution in [-0.4, -0.2) is 18.9 Å². The van der Waals surface area contributed by atoms with E-state index in [0.29, 0.717) is 15.8 Å². The second kappa shape index (κ2) is 5.72. The Morgan fingerprint density at radius 1 is 1.38 bits per heavy atom. The minimum absolute atomic E-state index is 0.437. The first-order valence-electron chi connectivity index (χ1n) is 4.38. The number of nitrogens with zero attached hydrogens (tertiary/aromatic N) is 1. The van der Waals surface area contributed by atoms with Gasteiger partial charge in [0.1, 0.15) is 0 Å². The van der Waals surface area contributed by atoms with E-state index in [2.05, 4.69) is 15.3 Å². The monoisotopic (exact) mass is 260 g/mol. The van der Waals surface area contributed by atoms with E-state index in [1.54, 1.807) is 25.1 Å². The van der Waals surface area contributed by atoms with Crippen molar-refractivity contribution in [1.29, 1.82) is 0 Å². The summed E-state index contributed by atoms with van der Waals surface area (Å²) in [6.45, 7) is 1.73. The zero-order valence-electron chi connectivity index (χ0n) is 8.75. The molecule has 1 rings (SSSR count). The molecule has 16 heavy (non-hydrogen) atoms. The Hall–Kier alpha value is -1.26. The van der Waals surface area contributed by atoms with Gasteiger partial charge in [-0.25, -0.2) is 10.2 Å². The lowest BCUT2D eigenvalue weighted by molar-refractivity contribution is 0.171. The van der Waals surface area contributed by atoms with Gasteiger partial charge in [0, 0.05) is 0 Å². The third-order valence-electron chi connectivity index (χ3n) is 1.84. The van der Waals surface area contributed by atoms with Crippen molar-refractivity contribution in [2.45, 2.75) is 6.92 Å². The quantitative estimate of drug-likeness (QED) is 0.657. The van der Waals surface area contributed by atoms with Crippen LogP contribution >= 0.6 is 23.2 Å². The molecule has 0 aromatic heterocycles. The Kier molecular flexibility index (Phi) is 4.58. The molecule has 4 nitrogen and oxygen atoms in total. The van der Waals surface area contributed by atoms with E-state index in [1.807, 2.05) is 0 Å². The first-order valence-corrected chi connectivity index (χ1v) is 5.14. The summed E-state index contributed by atoms with van der Waals surface area (Å²) >= 11 is 11.6. The van der Waals surface area contributed by atoms with Crippen LogP contribution in [0.15, 0.2) is 23.3 Å². The minimum Gasteiger partial charge on any atom is -0.452 e. The summed E-state index contributed by atoms with van der Waals surface area (Å²) in [7, 11) is 1.26. The number of methoxy groups -OCH3 is 1. The molecule has 1 aromatic carbocycles. The number of hydrazone groups is 1. The molecule has 0 radical (unpaired) electrons. The number of carbonyl (C=O) groups is 1. The van der Waals surface area contributed by atoms with Crippen LogP contribution in [0.4, 0.5) is 4.79 Å². The zero-order valence-corrected chi connectivity index (χ0v) is 10.3. The summed E-state index contributed by atoms with van der Waals surface area (Å²) < 4.78 is 4.38. The molecule has 0 heterocycles. The number of hydrogen-bond acceptors (Lipinski definition) is 3. The van der Waals surface area contributed by atoms with Crippen LogP contribution in [0.2, 0.25) is 10.0 Å². The van der Waals surface area contributed by atoms with Crippen LogP contribution in [0.1, 0.15) is 12.5 Å². The van der Waals surface area contributed by atoms with E-state index >= 15 is 0 Å². The Morgan fingerprint density at radius 2 is 2.06 bits per heavy atom. The molecule has 1 N–H and O–H groups in total. The number of amides is 1. The Labute approximate surface area is 103 Å². The van der Waals surface area contributed by atoms with E-state index < -0.39 is 6.09 Å². The molecule has 0 saturated heterocycles. The van der Waals surface area contributed by atoms with Crippen molar-refractivity contribution in [3.8, 4) is 0 Å². The van der Waals surface area contributed by atoms with Crippen molar-refractivity contribution in [2.75, 3.05) is 7.11 Å². The summed E-state index contributed by atoms with van der Waals surface area (Å²) in [6, 6.07) is 5.09. The molecular formula is C10H10Cl2N2O2. The molecule has 0 fully saturated rings. The van der Waals surface area contributed by atoms with Gasteiger partial charge in [0.05, 0.1) is 22.9 Å². The van der Waals surface area contributed by atoms with Gasteiger partial charge in [-0.05, 0) is 24.6 Å². The number of ether oxygens (including phenoxy) is 1. The highest BCUT2D eigenvalue weighted by Gasteiger charge is 2.03. The van der Waals surface area contributed by atoms with Gasteiger partial charge in [-0.2, -0.15) is 5.10 Å². The van der Waals surface area contributed by atoms with E-state index in [0.717, 1.165) is 5.56 Å². The lowest BCUT2D eigenvalue weighted by Crippen LogP contribution is -2.18. The van der Waals surface area contributed by atoms with Gasteiger partial charge in [0.15, 0.2) is 0 Å². The van der Waals surface area contributed by atoms with Crippen LogP contribution in [-0.2, 0) is 4.74 Å². The molecule has 0 saturated carbocycles. The Bertz CT molecular complexity index is 433. The van der Waals surface area contributed by atoms with Crippen LogP contribution < -0.4 is 5.43 Å². The van der Waals surface area contributed by atoms with Crippen molar-refractivity contribution >= 4 is 35.0 Å². The SMILES string of the molecule is COC(=O)N/N=C(/C)c1ccc(Cl)c(Cl)c1. The molecule has 1 aromatic rings. The van der Waals surface area contributed by atoms with Gasteiger partial charge in [-0.3, -0.25) is 0 Å². The number of hydrogen-bond donors (Lipinski definition) is 1. The topological polar surface area (TPSA) is 50.7 Å². The van der Waals surface area contributed by atoms with Crippen LogP contribution in [0.3, 0.4) is 0 Å². The highest BCUT2D eigenvalue weighted by Crippen LogP contribution is 2.22. The van der Waals surface area contributed by atoms with Crippen molar-refractivity contribution in [3.63, 3.8) is 0 Å². The van der Waals surface area contributed by atoms with E-state index in [-0.39, 0.29) is 0 Å². The highest BCUT2D eigenvalue weighted by atomic mass is 35.5. The van der Waals surface area contributed by atoms with Crippen LogP contribution in [0.5, 0.6) is 0 Å². The fourth-order valence-electron chi connectivity index (χ4n) is 0.961. The maximum atomic E-state index is 10.8. The molecule has 0 unspecified atom stereocenters. The Balaban J connectivity index is 2.83. The average Bonchev–Trinajstić information content (AvgIpc) is 2.29. The first-order chi connectivity index (χ1) is 7.54. The molecule has 0 aliphatic rings. The number of rotatable bonds is 2. The van der Waals surface area contributed by atoms with Gasteiger partial charge in [-0.1, -0.05) is 29.3 Å². The van der Waals surface area contributed by atoms with Crippen LogP contribution in [0, 0.1) is 0 Å². The van der Waals surface area contributed by atoms with E-state index in [9.17, 15) is 4.79 Å². The number of carbonyl (C=O) groups excluding carboxylic acids is 1. The summed E-state index contributed by atoms with van der Waals surface area (Å²) in [5.74, 6) is 0. The lowest BCUT2D eigenvalue weighted by Gasteiger charge is -2.03. The predicted molar refractivity (Wildman–Crippen MR) is 64.2 cm³/mol. The van der Waals surface area contributed by atoms with Gasteiger partial charge in [0.25, 0.3) is 0 Å². The van der Waals surface area contributed by atoms with Gasteiger partial charge in [0.2, 0.25) is 0 Å². The largest absolute Gasteiger partial charge is 0.452 e. The maximum absolute atomic E-state index is 10.8. The molecule has 6 heteroatoms. The van der Waals surface area contributed by atoms with Gasteiger partial charge < -0.3 is 4.74 Å². The molecule has 86 valence electrons. The maximum Gasteiger partial charge on any atom is 0.427 e. The van der Waals surface area contributed by atoms with Crippen molar-refractivity contribution in [1.82, 2.24) is 5.43 Å². The third-order valence-corrected chi connectivity index (χ3v) is 2.58. The standard InChI is InChI=1S/C10H10Cl2N2O2/c1-6(13-14-10(15)16-2)7-3-4-8(11)9(12)5-7/h3-5H,1-2H3,(H,14,15)/b13-6-. The number of benzene rings is 1. The van der Waals surface area contributed by atoms with Gasteiger partial charge in [-0.15, -0.1) is 0 Å². The number of halogens is 2. The third kappa shape index (κ3) is 3.40. The van der Waals surface area contributed by atoms with E-state index in [4.69, 9.17) is 23.2 Å². The zero-order chi connectivity index (χ0) is 12.1. The predicted octanol–water partition coefficient (Wildman–Crippen LogP) is 3.07. The summed E-state index contributed by atoms with van der Waals surface area (Å²) in [6.07, 6.45) is -0.626. The average molecular weight is 261 g/mol. The molecule has 1 amide bonds. The van der Waals surface area contributed by atoms with E-state index in [1.165, 1.54) is 7.11 Å². The normalized spacial score (nSPS) is 11.1. The Morgan fingerprint density at radius 3 is 2.62 bits per heavy atom. The second-order valence-electron chi connectivity index (χ2n) is 2.93. The summed E-state index contributed by atoms with van der Waals surface area (Å²) in [5.41, 5.74) is 3.59. The van der Waals surface area contributed by atoms with Crippen LogP contribution in [0.25, 0.3) is 0 Å². The van der Waals surface area contributed by atoms with Crippen molar-refractivity contribution in [2.24, 2.45) is 5.10 Å².